The van der Waals surface area contributed by atoms with E-state index in [-0.39, 0.29) is 0 Å². The molecule has 0 aliphatic heterocycles. The predicted molar refractivity (Wildman–Crippen MR) is 71.3 cm³/mol. The van der Waals surface area contributed by atoms with Gasteiger partial charge in [-0.05, 0) is 37.0 Å². The van der Waals surface area contributed by atoms with Crippen molar-refractivity contribution in [2.75, 3.05) is 18.0 Å². The lowest BCUT2D eigenvalue weighted by Gasteiger charge is -2.23. The van der Waals surface area contributed by atoms with Crippen molar-refractivity contribution in [3.63, 3.8) is 0 Å². The van der Waals surface area contributed by atoms with Gasteiger partial charge in [0.05, 0.1) is 0 Å². The Morgan fingerprint density at radius 2 is 1.88 bits per heavy atom. The normalized spacial score (nSPS) is 10.5. The minimum atomic E-state index is 0.542. The molecule has 0 atom stereocenters. The summed E-state index contributed by atoms with van der Waals surface area (Å²) in [5.74, 6) is 1.62. The van der Waals surface area contributed by atoms with E-state index in [4.69, 9.17) is 11.6 Å². The fourth-order valence-corrected chi connectivity index (χ4v) is 2.04. The molecule has 2 nitrogen and oxygen atoms in total. The highest BCUT2D eigenvalue weighted by Crippen LogP contribution is 2.17. The van der Waals surface area contributed by atoms with Crippen LogP contribution in [0.1, 0.15) is 37.8 Å². The van der Waals surface area contributed by atoms with Crippen LogP contribution in [-0.2, 0) is 5.88 Å². The van der Waals surface area contributed by atoms with Crippen LogP contribution in [0.15, 0.2) is 12.3 Å². The third-order valence-electron chi connectivity index (χ3n) is 2.66. The molecule has 90 valence electrons. The highest BCUT2D eigenvalue weighted by atomic mass is 35.5. The average molecular weight is 241 g/mol. The van der Waals surface area contributed by atoms with Crippen molar-refractivity contribution in [3.05, 3.63) is 23.4 Å². The summed E-state index contributed by atoms with van der Waals surface area (Å²) < 4.78 is 0. The van der Waals surface area contributed by atoms with Crippen LogP contribution in [0.4, 0.5) is 5.82 Å². The first-order valence-corrected chi connectivity index (χ1v) is 6.52. The molecule has 0 spiro atoms. The highest BCUT2D eigenvalue weighted by Gasteiger charge is 2.07. The minimum absolute atomic E-state index is 0.542. The fraction of sp³-hybridized carbons (Fsp3) is 0.615. The van der Waals surface area contributed by atoms with Gasteiger partial charge in [0, 0.05) is 25.2 Å². The van der Waals surface area contributed by atoms with E-state index in [0.717, 1.165) is 37.3 Å². The van der Waals surface area contributed by atoms with Gasteiger partial charge in [0.1, 0.15) is 5.82 Å². The van der Waals surface area contributed by atoms with Crippen LogP contribution in [0.25, 0.3) is 0 Å². The predicted octanol–water partition coefficient (Wildman–Crippen LogP) is 3.76. The zero-order chi connectivity index (χ0) is 12.0. The summed E-state index contributed by atoms with van der Waals surface area (Å²) in [7, 11) is 0. The smallest absolute Gasteiger partial charge is 0.128 e. The van der Waals surface area contributed by atoms with E-state index in [2.05, 4.69) is 36.7 Å². The summed E-state index contributed by atoms with van der Waals surface area (Å²) in [6.07, 6.45) is 4.20. The summed E-state index contributed by atoms with van der Waals surface area (Å²) in [4.78, 5) is 6.83. The Balaban J connectivity index is 2.87. The molecule has 3 heteroatoms. The third kappa shape index (κ3) is 3.38. The van der Waals surface area contributed by atoms with Crippen molar-refractivity contribution < 1.29 is 0 Å². The van der Waals surface area contributed by atoms with Gasteiger partial charge in [-0.15, -0.1) is 11.6 Å². The number of nitrogens with zero attached hydrogens (tertiary/aromatic N) is 2. The first-order valence-electron chi connectivity index (χ1n) is 5.99. The lowest BCUT2D eigenvalue weighted by atomic mass is 10.2. The van der Waals surface area contributed by atoms with E-state index >= 15 is 0 Å². The Morgan fingerprint density at radius 1 is 1.25 bits per heavy atom. The quantitative estimate of drug-likeness (QED) is 0.704. The van der Waals surface area contributed by atoms with Crippen LogP contribution in [0.5, 0.6) is 0 Å². The van der Waals surface area contributed by atoms with Crippen LogP contribution in [-0.4, -0.2) is 18.1 Å². The summed E-state index contributed by atoms with van der Waals surface area (Å²) in [5.41, 5.74) is 2.36. The molecule has 1 rings (SSSR count). The first kappa shape index (κ1) is 13.3. The van der Waals surface area contributed by atoms with Crippen molar-refractivity contribution in [1.82, 2.24) is 4.98 Å². The van der Waals surface area contributed by atoms with Gasteiger partial charge >= 0.3 is 0 Å². The summed E-state index contributed by atoms with van der Waals surface area (Å²) in [6.45, 7) is 8.63. The number of halogens is 1. The molecule has 0 aromatic carbocycles. The molecule has 0 amide bonds. The summed E-state index contributed by atoms with van der Waals surface area (Å²) >= 11 is 5.83. The number of aryl methyl sites for hydroxylation is 1. The summed E-state index contributed by atoms with van der Waals surface area (Å²) in [6, 6.07) is 2.14. The largest absolute Gasteiger partial charge is 0.357 e. The van der Waals surface area contributed by atoms with E-state index in [1.807, 2.05) is 6.20 Å². The Morgan fingerprint density at radius 3 is 2.31 bits per heavy atom. The van der Waals surface area contributed by atoms with Crippen LogP contribution < -0.4 is 4.90 Å². The molecular formula is C13H21ClN2. The number of alkyl halides is 1. The molecule has 0 saturated carbocycles. The van der Waals surface area contributed by atoms with Crippen LogP contribution in [0, 0.1) is 6.92 Å². The van der Waals surface area contributed by atoms with Gasteiger partial charge in [0.25, 0.3) is 0 Å². The minimum Gasteiger partial charge on any atom is -0.357 e. The van der Waals surface area contributed by atoms with Crippen LogP contribution in [0.2, 0.25) is 0 Å². The lowest BCUT2D eigenvalue weighted by molar-refractivity contribution is 0.733. The first-order chi connectivity index (χ1) is 7.72. The maximum Gasteiger partial charge on any atom is 0.128 e. The van der Waals surface area contributed by atoms with Gasteiger partial charge in [0.2, 0.25) is 0 Å². The molecule has 1 aromatic rings. The molecule has 0 radical (unpaired) electrons. The molecular weight excluding hydrogens is 220 g/mol. The molecule has 0 aliphatic carbocycles. The zero-order valence-corrected chi connectivity index (χ0v) is 11.2. The van der Waals surface area contributed by atoms with Crippen molar-refractivity contribution in [3.8, 4) is 0 Å². The summed E-state index contributed by atoms with van der Waals surface area (Å²) in [5, 5.41) is 0. The standard InChI is InChI=1S/C13H21ClN2/c1-4-6-16(7-5-2)13-8-11(3)12(9-14)10-15-13/h8,10H,4-7,9H2,1-3H3. The SMILES string of the molecule is CCCN(CCC)c1cc(C)c(CCl)cn1. The Bertz CT molecular complexity index is 320. The van der Waals surface area contributed by atoms with Crippen LogP contribution in [0.3, 0.4) is 0 Å². The number of rotatable bonds is 6. The molecule has 0 bridgehead atoms. The van der Waals surface area contributed by atoms with Crippen molar-refractivity contribution in [1.29, 1.82) is 0 Å². The molecule has 0 fully saturated rings. The Labute approximate surface area is 104 Å². The van der Waals surface area contributed by atoms with Crippen molar-refractivity contribution in [2.24, 2.45) is 0 Å². The average Bonchev–Trinajstić information content (AvgIpc) is 2.28. The fourth-order valence-electron chi connectivity index (χ4n) is 1.76. The second-order valence-corrected chi connectivity index (χ2v) is 4.36. The highest BCUT2D eigenvalue weighted by molar-refractivity contribution is 6.17. The van der Waals surface area contributed by atoms with E-state index in [1.165, 1.54) is 5.56 Å². The molecule has 1 heterocycles. The van der Waals surface area contributed by atoms with E-state index in [0.29, 0.717) is 5.88 Å². The Kier molecular flexibility index (Phi) is 5.61. The second-order valence-electron chi connectivity index (χ2n) is 4.09. The lowest BCUT2D eigenvalue weighted by Crippen LogP contribution is -2.25. The number of anilines is 1. The number of hydrogen-bond acceptors (Lipinski definition) is 2. The number of pyridine rings is 1. The van der Waals surface area contributed by atoms with Crippen LogP contribution >= 0.6 is 11.6 Å². The van der Waals surface area contributed by atoms with Gasteiger partial charge in [-0.25, -0.2) is 4.98 Å². The molecule has 0 unspecified atom stereocenters. The molecule has 16 heavy (non-hydrogen) atoms. The van der Waals surface area contributed by atoms with E-state index < -0.39 is 0 Å². The molecule has 1 aromatic heterocycles. The zero-order valence-electron chi connectivity index (χ0n) is 10.5. The number of hydrogen-bond donors (Lipinski definition) is 0. The van der Waals surface area contributed by atoms with Gasteiger partial charge in [-0.1, -0.05) is 13.8 Å². The van der Waals surface area contributed by atoms with E-state index in [1.54, 1.807) is 0 Å². The third-order valence-corrected chi connectivity index (χ3v) is 2.95. The molecule has 0 saturated heterocycles. The van der Waals surface area contributed by atoms with Gasteiger partial charge < -0.3 is 4.90 Å². The monoisotopic (exact) mass is 240 g/mol. The Hall–Kier alpha value is -0.760. The maximum atomic E-state index is 5.83. The van der Waals surface area contributed by atoms with Crippen molar-refractivity contribution >= 4 is 17.4 Å². The second kappa shape index (κ2) is 6.74. The van der Waals surface area contributed by atoms with Gasteiger partial charge in [-0.2, -0.15) is 0 Å². The van der Waals surface area contributed by atoms with Gasteiger partial charge in [-0.3, -0.25) is 0 Å². The van der Waals surface area contributed by atoms with E-state index in [9.17, 15) is 0 Å². The molecule has 0 N–H and O–H groups in total. The maximum absolute atomic E-state index is 5.83. The number of aromatic nitrogens is 1. The van der Waals surface area contributed by atoms with Crippen molar-refractivity contribution in [2.45, 2.75) is 39.5 Å². The van der Waals surface area contributed by atoms with Gasteiger partial charge in [0.15, 0.2) is 0 Å². The topological polar surface area (TPSA) is 16.1 Å². The molecule has 0 aliphatic rings.